The van der Waals surface area contributed by atoms with Crippen molar-refractivity contribution >= 4 is 18.3 Å². The second kappa shape index (κ2) is 12.6. The molecule has 8 nitrogen and oxygen atoms in total. The molecule has 0 aromatic heterocycles. The molecule has 8 heteroatoms. The zero-order valence-electron chi connectivity index (χ0n) is 18.6. The third kappa shape index (κ3) is 10.0. The Morgan fingerprint density at radius 1 is 1.39 bits per heavy atom. The van der Waals surface area contributed by atoms with Crippen molar-refractivity contribution in [3.63, 3.8) is 0 Å². The third-order valence-corrected chi connectivity index (χ3v) is 4.38. The Morgan fingerprint density at radius 2 is 2.10 bits per heavy atom. The molecule has 0 bridgehead atoms. The van der Waals surface area contributed by atoms with Gasteiger partial charge in [0.1, 0.15) is 5.75 Å². The first-order valence-electron chi connectivity index (χ1n) is 10.0. The molecule has 0 saturated carbocycles. The minimum atomic E-state index is -0.490. The summed E-state index contributed by atoms with van der Waals surface area (Å²) < 4.78 is 9.78. The molecule has 2 N–H and O–H groups in total. The Balaban J connectivity index is 0.000000327. The van der Waals surface area contributed by atoms with Crippen LogP contribution in [-0.2, 0) is 25.7 Å². The van der Waals surface area contributed by atoms with E-state index < -0.39 is 5.97 Å². The van der Waals surface area contributed by atoms with Gasteiger partial charge in [0.15, 0.2) is 6.61 Å². The maximum absolute atomic E-state index is 11.6. The molecule has 0 aliphatic carbocycles. The summed E-state index contributed by atoms with van der Waals surface area (Å²) in [5.74, 6) is 2.60. The van der Waals surface area contributed by atoms with Crippen molar-refractivity contribution < 1.29 is 29.0 Å². The van der Waals surface area contributed by atoms with Gasteiger partial charge in [0, 0.05) is 37.2 Å². The number of methoxy groups -OCH3 is 1. The Morgan fingerprint density at radius 3 is 2.61 bits per heavy atom. The first-order chi connectivity index (χ1) is 14.6. The molecule has 2 rings (SSSR count). The summed E-state index contributed by atoms with van der Waals surface area (Å²) in [5.41, 5.74) is 1.40. The highest BCUT2D eigenvalue weighted by atomic mass is 16.6. The lowest BCUT2D eigenvalue weighted by Gasteiger charge is -2.22. The van der Waals surface area contributed by atoms with Crippen molar-refractivity contribution in [2.75, 3.05) is 26.8 Å². The van der Waals surface area contributed by atoms with Crippen LogP contribution in [0.15, 0.2) is 18.2 Å². The molecule has 1 aromatic carbocycles. The summed E-state index contributed by atoms with van der Waals surface area (Å²) in [6, 6.07) is 5.09. The van der Waals surface area contributed by atoms with E-state index >= 15 is 0 Å². The number of amides is 2. The van der Waals surface area contributed by atoms with E-state index in [0.29, 0.717) is 37.2 Å². The molecule has 1 heterocycles. The average molecular weight is 433 g/mol. The highest BCUT2D eigenvalue weighted by Gasteiger charge is 2.27. The number of likely N-dealkylation sites (tertiary alicyclic amines) is 1. The molecular weight excluding hydrogens is 400 g/mol. The fourth-order valence-electron chi connectivity index (χ4n) is 2.81. The van der Waals surface area contributed by atoms with Gasteiger partial charge in [0.05, 0.1) is 13.2 Å². The quantitative estimate of drug-likeness (QED) is 0.384. The van der Waals surface area contributed by atoms with Gasteiger partial charge < -0.3 is 24.8 Å². The predicted octanol–water partition coefficient (Wildman–Crippen LogP) is 1.48. The molecule has 1 atom stereocenters. The Bertz CT molecular complexity index is 794. The summed E-state index contributed by atoms with van der Waals surface area (Å²) in [4.78, 5) is 34.7. The smallest absolute Gasteiger partial charge is 0.343 e. The van der Waals surface area contributed by atoms with Crippen LogP contribution in [0.2, 0.25) is 0 Å². The number of terminal acetylenes is 1. The van der Waals surface area contributed by atoms with Gasteiger partial charge in [-0.05, 0) is 24.0 Å². The van der Waals surface area contributed by atoms with Crippen LogP contribution in [-0.4, -0.2) is 61.2 Å². The number of nitrogens with one attached hydrogen (secondary N) is 1. The number of ether oxygens (including phenoxy) is 2. The van der Waals surface area contributed by atoms with Crippen molar-refractivity contribution in [3.05, 3.63) is 29.3 Å². The van der Waals surface area contributed by atoms with E-state index in [1.54, 1.807) is 23.1 Å². The van der Waals surface area contributed by atoms with Crippen LogP contribution < -0.4 is 10.1 Å². The van der Waals surface area contributed by atoms with E-state index in [1.165, 1.54) is 7.11 Å². The van der Waals surface area contributed by atoms with Crippen molar-refractivity contribution in [1.29, 1.82) is 0 Å². The number of carbonyl (C=O) groups excluding carboxylic acids is 3. The SMILES string of the molecule is C#Cc1ccc(CNC=O)c(OCC(=O)OC)c1.CC(C)(C)CC(=O)N1CCC(O)C1. The van der Waals surface area contributed by atoms with Gasteiger partial charge in [-0.1, -0.05) is 32.8 Å². The van der Waals surface area contributed by atoms with Gasteiger partial charge in [0.25, 0.3) is 0 Å². The topological polar surface area (TPSA) is 105 Å². The second-order valence-corrected chi connectivity index (χ2v) is 8.35. The molecule has 2 amide bonds. The van der Waals surface area contributed by atoms with Crippen molar-refractivity contribution in [2.45, 2.75) is 46.3 Å². The summed E-state index contributed by atoms with van der Waals surface area (Å²) in [5, 5.41) is 11.8. The van der Waals surface area contributed by atoms with Gasteiger partial charge in [0.2, 0.25) is 12.3 Å². The van der Waals surface area contributed by atoms with E-state index in [1.807, 2.05) is 0 Å². The number of hydrogen-bond donors (Lipinski definition) is 2. The Kier molecular flexibility index (Phi) is 10.6. The molecule has 1 aromatic rings. The van der Waals surface area contributed by atoms with Crippen LogP contribution in [0.5, 0.6) is 5.75 Å². The van der Waals surface area contributed by atoms with E-state index in [4.69, 9.17) is 11.2 Å². The van der Waals surface area contributed by atoms with Crippen molar-refractivity contribution in [3.8, 4) is 18.1 Å². The maximum atomic E-state index is 11.6. The van der Waals surface area contributed by atoms with Crippen LogP contribution in [0, 0.1) is 17.8 Å². The number of carbonyl (C=O) groups is 3. The molecule has 1 fully saturated rings. The summed E-state index contributed by atoms with van der Waals surface area (Å²) in [6.07, 6.45) is 6.86. The fraction of sp³-hybridized carbons (Fsp3) is 0.522. The number of rotatable bonds is 7. The lowest BCUT2D eigenvalue weighted by atomic mass is 9.92. The van der Waals surface area contributed by atoms with Gasteiger partial charge in [-0.15, -0.1) is 6.42 Å². The van der Waals surface area contributed by atoms with Crippen molar-refractivity contribution in [2.24, 2.45) is 5.41 Å². The van der Waals surface area contributed by atoms with Crippen LogP contribution in [0.1, 0.15) is 44.7 Å². The van der Waals surface area contributed by atoms with E-state index in [-0.39, 0.29) is 24.0 Å². The molecule has 0 spiro atoms. The largest absolute Gasteiger partial charge is 0.482 e. The average Bonchev–Trinajstić information content (AvgIpc) is 3.16. The van der Waals surface area contributed by atoms with E-state index in [9.17, 15) is 19.5 Å². The number of aliphatic hydroxyl groups excluding tert-OH is 1. The molecule has 1 aliphatic heterocycles. The van der Waals surface area contributed by atoms with Gasteiger partial charge in [-0.2, -0.15) is 0 Å². The summed E-state index contributed by atoms with van der Waals surface area (Å²) in [7, 11) is 1.28. The molecule has 1 aliphatic rings. The Labute approximate surface area is 183 Å². The zero-order chi connectivity index (χ0) is 23.4. The molecule has 31 heavy (non-hydrogen) atoms. The van der Waals surface area contributed by atoms with Crippen LogP contribution in [0.4, 0.5) is 0 Å². The molecule has 1 saturated heterocycles. The van der Waals surface area contributed by atoms with Gasteiger partial charge in [-0.25, -0.2) is 4.79 Å². The predicted molar refractivity (Wildman–Crippen MR) is 116 cm³/mol. The Hall–Kier alpha value is -3.05. The second-order valence-electron chi connectivity index (χ2n) is 8.35. The monoisotopic (exact) mass is 432 g/mol. The number of aliphatic hydroxyl groups is 1. The van der Waals surface area contributed by atoms with E-state index in [2.05, 4.69) is 36.7 Å². The standard InChI is InChI=1S/C13H13NO4.C10H19NO2/c1-3-10-4-5-11(7-14-9-15)12(6-10)18-8-13(16)17-2;1-10(2,3)6-9(13)11-5-4-8(12)7-11/h1,4-6,9H,7-8H2,2H3,(H,14,15);8,12H,4-7H2,1-3H3. The highest BCUT2D eigenvalue weighted by molar-refractivity contribution is 5.77. The van der Waals surface area contributed by atoms with Gasteiger partial charge in [-0.3, -0.25) is 9.59 Å². The maximum Gasteiger partial charge on any atom is 0.343 e. The van der Waals surface area contributed by atoms with Gasteiger partial charge >= 0.3 is 5.97 Å². The molecular formula is C23H32N2O6. The fourth-order valence-corrected chi connectivity index (χ4v) is 2.81. The summed E-state index contributed by atoms with van der Waals surface area (Å²) in [6.45, 7) is 7.49. The molecule has 0 radical (unpaired) electrons. The summed E-state index contributed by atoms with van der Waals surface area (Å²) >= 11 is 0. The number of benzene rings is 1. The minimum Gasteiger partial charge on any atom is -0.482 e. The van der Waals surface area contributed by atoms with E-state index in [0.717, 1.165) is 18.5 Å². The minimum absolute atomic E-state index is 0.0463. The first kappa shape index (κ1) is 26.0. The number of nitrogens with zero attached hydrogens (tertiary/aromatic N) is 1. The molecule has 170 valence electrons. The normalized spacial score (nSPS) is 15.2. The number of hydrogen-bond acceptors (Lipinski definition) is 6. The highest BCUT2D eigenvalue weighted by Crippen LogP contribution is 2.22. The lowest BCUT2D eigenvalue weighted by molar-refractivity contribution is -0.143. The van der Waals surface area contributed by atoms with Crippen LogP contribution in [0.25, 0.3) is 0 Å². The number of esters is 1. The van der Waals surface area contributed by atoms with Crippen molar-refractivity contribution in [1.82, 2.24) is 10.2 Å². The first-order valence-corrected chi connectivity index (χ1v) is 10.0. The lowest BCUT2D eigenvalue weighted by Crippen LogP contribution is -2.32. The molecule has 1 unspecified atom stereocenters. The zero-order valence-corrected chi connectivity index (χ0v) is 18.6. The van der Waals surface area contributed by atoms with Crippen LogP contribution >= 0.6 is 0 Å². The number of β-amino-alcohol motifs (C(OH)–C–C–N with tert-alkyl or cyclic N) is 1. The van der Waals surface area contributed by atoms with Crippen LogP contribution in [0.3, 0.4) is 0 Å². The third-order valence-electron chi connectivity index (χ3n) is 4.38.